The molecule has 2 heterocycles. The fourth-order valence-electron chi connectivity index (χ4n) is 2.08. The number of hydrogen-bond donors (Lipinski definition) is 0. The first-order valence-corrected chi connectivity index (χ1v) is 6.55. The van der Waals surface area contributed by atoms with Crippen LogP contribution in [0, 0.1) is 5.92 Å². The van der Waals surface area contributed by atoms with E-state index in [0.717, 1.165) is 0 Å². The molecule has 1 fully saturated rings. The van der Waals surface area contributed by atoms with Crippen molar-refractivity contribution in [2.75, 3.05) is 37.0 Å². The molecular weight excluding hydrogens is 295 g/mol. The van der Waals surface area contributed by atoms with E-state index in [1.807, 2.05) is 0 Å². The molecule has 0 spiro atoms. The molecule has 1 aromatic heterocycles. The lowest BCUT2D eigenvalue weighted by atomic mass is 9.96. The highest BCUT2D eigenvalue weighted by Crippen LogP contribution is 2.34. The number of rotatable bonds is 2. The first kappa shape index (κ1) is 15.1. The molecule has 20 heavy (non-hydrogen) atoms. The smallest absolute Gasteiger partial charge is 0.347 e. The van der Waals surface area contributed by atoms with E-state index in [-0.39, 0.29) is 31.2 Å². The Hall–Kier alpha value is -1.31. The maximum absolute atomic E-state index is 12.6. The molecule has 0 radical (unpaired) electrons. The van der Waals surface area contributed by atoms with Crippen molar-refractivity contribution in [3.8, 4) is 0 Å². The van der Waals surface area contributed by atoms with Gasteiger partial charge in [0, 0.05) is 27.2 Å². The Morgan fingerprint density at radius 3 is 2.25 bits per heavy atom. The van der Waals surface area contributed by atoms with E-state index in [2.05, 4.69) is 15.0 Å². The summed E-state index contributed by atoms with van der Waals surface area (Å²) in [7, 11) is 3.51. The molecular formula is C11H15ClF3N5. The highest BCUT2D eigenvalue weighted by molar-refractivity contribution is 6.28. The van der Waals surface area contributed by atoms with Gasteiger partial charge in [-0.2, -0.15) is 28.1 Å². The number of nitrogens with zero attached hydrogens (tertiary/aromatic N) is 5. The van der Waals surface area contributed by atoms with Gasteiger partial charge < -0.3 is 9.80 Å². The number of alkyl halides is 3. The molecule has 9 heteroatoms. The molecule has 0 N–H and O–H groups in total. The Morgan fingerprint density at radius 1 is 1.15 bits per heavy atom. The summed E-state index contributed by atoms with van der Waals surface area (Å²) in [5.74, 6) is -0.531. The second kappa shape index (κ2) is 5.59. The van der Waals surface area contributed by atoms with Crippen LogP contribution in [0.2, 0.25) is 5.28 Å². The lowest BCUT2D eigenvalue weighted by molar-refractivity contribution is -0.179. The second-order valence-electron chi connectivity index (χ2n) is 4.90. The first-order chi connectivity index (χ1) is 9.27. The topological polar surface area (TPSA) is 45.2 Å². The van der Waals surface area contributed by atoms with E-state index >= 15 is 0 Å². The fraction of sp³-hybridized carbons (Fsp3) is 0.727. The summed E-state index contributed by atoms with van der Waals surface area (Å²) in [6.07, 6.45) is -4.04. The summed E-state index contributed by atoms with van der Waals surface area (Å²) < 4.78 is 37.9. The molecule has 0 aliphatic carbocycles. The standard InChI is InChI=1S/C11H15ClF3N5/c1-19(2)9-16-8(12)17-10(18-9)20-5-3-7(4-6-20)11(13,14)15/h7H,3-6H2,1-2H3. The number of halogens is 4. The van der Waals surface area contributed by atoms with Crippen molar-refractivity contribution in [2.45, 2.75) is 19.0 Å². The van der Waals surface area contributed by atoms with Crippen LogP contribution in [0.25, 0.3) is 0 Å². The molecule has 1 saturated heterocycles. The van der Waals surface area contributed by atoms with Gasteiger partial charge in [-0.15, -0.1) is 0 Å². The SMILES string of the molecule is CN(C)c1nc(Cl)nc(N2CCC(C(F)(F)F)CC2)n1. The Labute approximate surface area is 119 Å². The van der Waals surface area contributed by atoms with Crippen LogP contribution < -0.4 is 9.80 Å². The Balaban J connectivity index is 2.11. The Kier molecular flexibility index (Phi) is 4.22. The summed E-state index contributed by atoms with van der Waals surface area (Å²) in [5, 5.41) is 0.0386. The molecule has 1 aliphatic rings. The lowest BCUT2D eigenvalue weighted by Crippen LogP contribution is -2.40. The van der Waals surface area contributed by atoms with Gasteiger partial charge in [0.15, 0.2) is 0 Å². The van der Waals surface area contributed by atoms with Gasteiger partial charge in [-0.05, 0) is 24.4 Å². The van der Waals surface area contributed by atoms with Crippen molar-refractivity contribution in [2.24, 2.45) is 5.92 Å². The molecule has 0 bridgehead atoms. The van der Waals surface area contributed by atoms with Gasteiger partial charge in [0.25, 0.3) is 0 Å². The molecule has 1 aromatic rings. The fourth-order valence-corrected chi connectivity index (χ4v) is 2.23. The van der Waals surface area contributed by atoms with Gasteiger partial charge in [-0.3, -0.25) is 0 Å². The highest BCUT2D eigenvalue weighted by atomic mass is 35.5. The van der Waals surface area contributed by atoms with Crippen molar-refractivity contribution in [1.82, 2.24) is 15.0 Å². The number of aromatic nitrogens is 3. The van der Waals surface area contributed by atoms with E-state index in [9.17, 15) is 13.2 Å². The third-order valence-corrected chi connectivity index (χ3v) is 3.39. The lowest BCUT2D eigenvalue weighted by Gasteiger charge is -2.33. The number of hydrogen-bond acceptors (Lipinski definition) is 5. The summed E-state index contributed by atoms with van der Waals surface area (Å²) in [6.45, 7) is 0.523. The zero-order valence-electron chi connectivity index (χ0n) is 11.2. The Bertz CT molecular complexity index is 472. The zero-order valence-corrected chi connectivity index (χ0v) is 11.9. The quantitative estimate of drug-likeness (QED) is 0.839. The molecule has 1 aliphatic heterocycles. The van der Waals surface area contributed by atoms with Gasteiger partial charge >= 0.3 is 6.18 Å². The van der Waals surface area contributed by atoms with Gasteiger partial charge in [-0.25, -0.2) is 0 Å². The minimum Gasteiger partial charge on any atom is -0.347 e. The number of piperidine rings is 1. The summed E-state index contributed by atoms with van der Waals surface area (Å²) in [5.41, 5.74) is 0. The largest absolute Gasteiger partial charge is 0.391 e. The van der Waals surface area contributed by atoms with Gasteiger partial charge in [0.1, 0.15) is 0 Å². The third-order valence-electron chi connectivity index (χ3n) is 3.23. The summed E-state index contributed by atoms with van der Waals surface area (Å²) in [6, 6.07) is 0. The highest BCUT2D eigenvalue weighted by Gasteiger charge is 2.41. The number of anilines is 2. The molecule has 5 nitrogen and oxygen atoms in total. The predicted octanol–water partition coefficient (Wildman–Crippen LogP) is 2.37. The molecule has 112 valence electrons. The van der Waals surface area contributed by atoms with Gasteiger partial charge in [-0.1, -0.05) is 0 Å². The monoisotopic (exact) mass is 309 g/mol. The minimum atomic E-state index is -4.13. The maximum atomic E-state index is 12.6. The minimum absolute atomic E-state index is 0.0386. The van der Waals surface area contributed by atoms with Crippen LogP contribution in [0.1, 0.15) is 12.8 Å². The summed E-state index contributed by atoms with van der Waals surface area (Å²) in [4.78, 5) is 15.5. The molecule has 2 rings (SSSR count). The average molecular weight is 310 g/mol. The molecule has 0 aromatic carbocycles. The molecule has 0 saturated carbocycles. The van der Waals surface area contributed by atoms with E-state index in [1.165, 1.54) is 0 Å². The van der Waals surface area contributed by atoms with Crippen LogP contribution in [0.5, 0.6) is 0 Å². The van der Waals surface area contributed by atoms with Crippen molar-refractivity contribution < 1.29 is 13.2 Å². The first-order valence-electron chi connectivity index (χ1n) is 6.18. The normalized spacial score (nSPS) is 17.4. The van der Waals surface area contributed by atoms with E-state index < -0.39 is 12.1 Å². The molecule has 0 amide bonds. The molecule has 0 atom stereocenters. The van der Waals surface area contributed by atoms with Crippen LogP contribution in [0.3, 0.4) is 0 Å². The van der Waals surface area contributed by atoms with Crippen LogP contribution in [0.15, 0.2) is 0 Å². The van der Waals surface area contributed by atoms with Crippen molar-refractivity contribution >= 4 is 23.5 Å². The van der Waals surface area contributed by atoms with Crippen LogP contribution in [0.4, 0.5) is 25.1 Å². The van der Waals surface area contributed by atoms with E-state index in [0.29, 0.717) is 11.9 Å². The van der Waals surface area contributed by atoms with Crippen LogP contribution in [-0.4, -0.2) is 48.3 Å². The van der Waals surface area contributed by atoms with E-state index in [4.69, 9.17) is 11.6 Å². The van der Waals surface area contributed by atoms with Crippen LogP contribution in [-0.2, 0) is 0 Å². The van der Waals surface area contributed by atoms with Crippen molar-refractivity contribution in [3.05, 3.63) is 5.28 Å². The predicted molar refractivity (Wildman–Crippen MR) is 70.2 cm³/mol. The third kappa shape index (κ3) is 3.41. The second-order valence-corrected chi connectivity index (χ2v) is 5.24. The summed E-state index contributed by atoms with van der Waals surface area (Å²) >= 11 is 5.82. The maximum Gasteiger partial charge on any atom is 0.391 e. The van der Waals surface area contributed by atoms with Crippen molar-refractivity contribution in [1.29, 1.82) is 0 Å². The van der Waals surface area contributed by atoms with E-state index in [1.54, 1.807) is 23.9 Å². The van der Waals surface area contributed by atoms with Crippen LogP contribution >= 0.6 is 11.6 Å². The Morgan fingerprint density at radius 2 is 1.75 bits per heavy atom. The zero-order chi connectivity index (χ0) is 14.9. The van der Waals surface area contributed by atoms with Gasteiger partial charge in [0.05, 0.1) is 5.92 Å². The van der Waals surface area contributed by atoms with Gasteiger partial charge in [0.2, 0.25) is 17.2 Å². The molecule has 0 unspecified atom stereocenters. The average Bonchev–Trinajstić information content (AvgIpc) is 2.37. The van der Waals surface area contributed by atoms with Crippen molar-refractivity contribution in [3.63, 3.8) is 0 Å².